The van der Waals surface area contributed by atoms with Crippen molar-refractivity contribution in [2.24, 2.45) is 12.1 Å². The first kappa shape index (κ1) is 23.8. The van der Waals surface area contributed by atoms with Gasteiger partial charge in [-0.1, -0.05) is 24.3 Å². The lowest BCUT2D eigenvalue weighted by Gasteiger charge is -2.10. The number of benzene rings is 3. The van der Waals surface area contributed by atoms with Gasteiger partial charge in [0, 0.05) is 18.3 Å². The number of nitrogens with zero attached hydrogens (tertiary/aromatic N) is 3. The largest absolute Gasteiger partial charge is 0.573 e. The third-order valence-electron chi connectivity index (χ3n) is 5.35. The van der Waals surface area contributed by atoms with Gasteiger partial charge in [0.05, 0.1) is 17.2 Å². The van der Waals surface area contributed by atoms with Crippen LogP contribution in [0.4, 0.5) is 23.7 Å². The zero-order valence-electron chi connectivity index (χ0n) is 19.1. The van der Waals surface area contributed by atoms with Crippen molar-refractivity contribution >= 4 is 29.0 Å². The van der Waals surface area contributed by atoms with E-state index in [1.165, 1.54) is 30.5 Å². The van der Waals surface area contributed by atoms with Crippen LogP contribution in [-0.4, -0.2) is 28.2 Å². The molecule has 7 nitrogen and oxygen atoms in total. The maximum atomic E-state index is 12.4. The first-order chi connectivity index (χ1) is 16.6. The van der Waals surface area contributed by atoms with Gasteiger partial charge >= 0.3 is 12.4 Å². The Balaban J connectivity index is 1.47. The molecule has 0 aliphatic rings. The fraction of sp³-hybridized carbons (Fsp3) is 0.160. The van der Waals surface area contributed by atoms with E-state index in [1.807, 2.05) is 55.8 Å². The van der Waals surface area contributed by atoms with Crippen LogP contribution in [0.15, 0.2) is 65.8 Å². The maximum absolute atomic E-state index is 12.4. The number of hydrogen-bond donors (Lipinski definition) is 2. The quantitative estimate of drug-likeness (QED) is 0.275. The first-order valence-corrected chi connectivity index (χ1v) is 10.6. The molecule has 0 atom stereocenters. The summed E-state index contributed by atoms with van der Waals surface area (Å²) in [6.07, 6.45) is -3.24. The third kappa shape index (κ3) is 5.60. The van der Waals surface area contributed by atoms with E-state index in [1.54, 1.807) is 6.07 Å². The van der Waals surface area contributed by atoms with Crippen LogP contribution in [0.2, 0.25) is 0 Å². The zero-order chi connectivity index (χ0) is 25.2. The molecule has 0 aliphatic heterocycles. The minimum absolute atomic E-state index is 0.298. The molecule has 0 unspecified atom stereocenters. The van der Waals surface area contributed by atoms with E-state index in [-0.39, 0.29) is 5.75 Å². The lowest BCUT2D eigenvalue weighted by molar-refractivity contribution is -0.274. The number of alkyl halides is 3. The Morgan fingerprint density at radius 3 is 2.40 bits per heavy atom. The van der Waals surface area contributed by atoms with Crippen LogP contribution in [-0.2, 0) is 7.05 Å². The fourth-order valence-corrected chi connectivity index (χ4v) is 3.68. The second-order valence-electron chi connectivity index (χ2n) is 7.91. The normalized spacial score (nSPS) is 11.7. The summed E-state index contributed by atoms with van der Waals surface area (Å²) in [4.78, 5) is 16.8. The van der Waals surface area contributed by atoms with E-state index in [9.17, 15) is 18.0 Å². The monoisotopic (exact) mass is 481 g/mol. The van der Waals surface area contributed by atoms with Gasteiger partial charge in [-0.3, -0.25) is 0 Å². The van der Waals surface area contributed by atoms with Crippen molar-refractivity contribution in [2.45, 2.75) is 20.2 Å². The van der Waals surface area contributed by atoms with E-state index >= 15 is 0 Å². The molecule has 35 heavy (non-hydrogen) atoms. The van der Waals surface area contributed by atoms with E-state index in [4.69, 9.17) is 0 Å². The molecule has 2 amide bonds. The Morgan fingerprint density at radius 2 is 1.74 bits per heavy atom. The second-order valence-corrected chi connectivity index (χ2v) is 7.91. The number of hydrogen-bond acceptors (Lipinski definition) is 4. The van der Waals surface area contributed by atoms with E-state index < -0.39 is 12.4 Å². The van der Waals surface area contributed by atoms with E-state index in [0.717, 1.165) is 22.3 Å². The van der Waals surface area contributed by atoms with Gasteiger partial charge in [0.15, 0.2) is 0 Å². The number of imidazole rings is 1. The Labute approximate surface area is 199 Å². The standard InChI is InChI=1S/C25H22F3N5O2/c1-15-5-4-6-16(2)22(15)31-24(34)32-29-14-17-7-12-21-20(13-17)30-23(33(21)3)18-8-10-19(11-9-18)35-25(26,27)28/h4-14H,1-3H3,(H2,31,32,34)/b29-14+. The summed E-state index contributed by atoms with van der Waals surface area (Å²) in [6, 6.07) is 16.3. The van der Waals surface area contributed by atoms with Gasteiger partial charge in [-0.05, 0) is 66.9 Å². The van der Waals surface area contributed by atoms with Crippen LogP contribution >= 0.6 is 0 Å². The molecule has 0 radical (unpaired) electrons. The highest BCUT2D eigenvalue weighted by Crippen LogP contribution is 2.28. The SMILES string of the molecule is Cc1cccc(C)c1NC(=O)N/N=C/c1ccc2c(c1)nc(-c1ccc(OC(F)(F)F)cc1)n2C. The first-order valence-electron chi connectivity index (χ1n) is 10.6. The van der Waals surface area contributed by atoms with Gasteiger partial charge in [0.1, 0.15) is 11.6 Å². The molecule has 0 bridgehead atoms. The van der Waals surface area contributed by atoms with Gasteiger partial charge in [-0.2, -0.15) is 5.10 Å². The van der Waals surface area contributed by atoms with Crippen LogP contribution in [0.5, 0.6) is 5.75 Å². The molecule has 4 rings (SSSR count). The smallest absolute Gasteiger partial charge is 0.406 e. The number of nitrogens with one attached hydrogen (secondary N) is 2. The summed E-state index contributed by atoms with van der Waals surface area (Å²) in [5, 5.41) is 6.79. The van der Waals surface area contributed by atoms with Gasteiger partial charge in [0.25, 0.3) is 0 Å². The molecule has 0 saturated heterocycles. The number of carbonyl (C=O) groups excluding carboxylic acids is 1. The molecule has 0 spiro atoms. The average Bonchev–Trinajstić information content (AvgIpc) is 3.12. The summed E-state index contributed by atoms with van der Waals surface area (Å²) >= 11 is 0. The zero-order valence-corrected chi connectivity index (χ0v) is 19.1. The molecule has 3 aromatic carbocycles. The van der Waals surface area contributed by atoms with Crippen molar-refractivity contribution in [1.29, 1.82) is 0 Å². The Bertz CT molecular complexity index is 1390. The second kappa shape index (κ2) is 9.49. The molecule has 10 heteroatoms. The molecular formula is C25H22F3N5O2. The van der Waals surface area contributed by atoms with Crippen LogP contribution in [0.3, 0.4) is 0 Å². The van der Waals surface area contributed by atoms with Crippen LogP contribution in [0.25, 0.3) is 22.4 Å². The van der Waals surface area contributed by atoms with Crippen LogP contribution in [0.1, 0.15) is 16.7 Å². The number of carbonyl (C=O) groups is 1. The molecule has 0 fully saturated rings. The molecule has 1 aromatic heterocycles. The molecule has 4 aromatic rings. The highest BCUT2D eigenvalue weighted by Gasteiger charge is 2.31. The van der Waals surface area contributed by atoms with Crippen molar-refractivity contribution in [2.75, 3.05) is 5.32 Å². The minimum Gasteiger partial charge on any atom is -0.406 e. The lowest BCUT2D eigenvalue weighted by atomic mass is 10.1. The van der Waals surface area contributed by atoms with Gasteiger partial charge in [0.2, 0.25) is 0 Å². The number of halogens is 3. The Kier molecular flexibility index (Phi) is 6.46. The number of urea groups is 1. The van der Waals surface area contributed by atoms with Crippen LogP contribution < -0.4 is 15.5 Å². The van der Waals surface area contributed by atoms with Crippen molar-refractivity contribution in [3.63, 3.8) is 0 Å². The average molecular weight is 481 g/mol. The predicted molar refractivity (Wildman–Crippen MR) is 128 cm³/mol. The summed E-state index contributed by atoms with van der Waals surface area (Å²) in [5.41, 5.74) is 7.92. The minimum atomic E-state index is -4.74. The number of aromatic nitrogens is 2. The molecule has 180 valence electrons. The van der Waals surface area contributed by atoms with Crippen molar-refractivity contribution < 1.29 is 22.7 Å². The van der Waals surface area contributed by atoms with Crippen molar-refractivity contribution in [1.82, 2.24) is 15.0 Å². The summed E-state index contributed by atoms with van der Waals surface area (Å²) < 4.78 is 42.9. The number of rotatable bonds is 5. The maximum Gasteiger partial charge on any atom is 0.573 e. The summed E-state index contributed by atoms with van der Waals surface area (Å²) in [5.74, 6) is 0.284. The van der Waals surface area contributed by atoms with E-state index in [0.29, 0.717) is 22.5 Å². The molecule has 0 aliphatic carbocycles. The Morgan fingerprint density at radius 1 is 1.06 bits per heavy atom. The number of hydrazone groups is 1. The Hall–Kier alpha value is -4.34. The van der Waals surface area contributed by atoms with Crippen LogP contribution in [0, 0.1) is 13.8 Å². The van der Waals surface area contributed by atoms with Crippen molar-refractivity contribution in [3.8, 4) is 17.1 Å². The van der Waals surface area contributed by atoms with E-state index in [2.05, 4.69) is 25.6 Å². The summed E-state index contributed by atoms with van der Waals surface area (Å²) in [6.45, 7) is 3.82. The number of para-hydroxylation sites is 1. The molecule has 1 heterocycles. The van der Waals surface area contributed by atoms with Gasteiger partial charge < -0.3 is 14.6 Å². The predicted octanol–water partition coefficient (Wildman–Crippen LogP) is 5.91. The lowest BCUT2D eigenvalue weighted by Crippen LogP contribution is -2.25. The number of ether oxygens (including phenoxy) is 1. The van der Waals surface area contributed by atoms with Gasteiger partial charge in [-0.25, -0.2) is 15.2 Å². The fourth-order valence-electron chi connectivity index (χ4n) is 3.68. The molecule has 0 saturated carbocycles. The summed E-state index contributed by atoms with van der Waals surface area (Å²) in [7, 11) is 1.82. The number of fused-ring (bicyclic) bond motifs is 1. The molecule has 2 N–H and O–H groups in total. The van der Waals surface area contributed by atoms with Gasteiger partial charge in [-0.15, -0.1) is 13.2 Å². The van der Waals surface area contributed by atoms with Crippen molar-refractivity contribution in [3.05, 3.63) is 77.4 Å². The molecular weight excluding hydrogens is 459 g/mol. The number of aryl methyl sites for hydroxylation is 3. The highest BCUT2D eigenvalue weighted by molar-refractivity contribution is 5.93. The topological polar surface area (TPSA) is 80.5 Å². The highest BCUT2D eigenvalue weighted by atomic mass is 19.4. The number of amides is 2. The third-order valence-corrected chi connectivity index (χ3v) is 5.35. The number of anilines is 1.